The van der Waals surface area contributed by atoms with E-state index in [0.717, 1.165) is 28.7 Å². The fraction of sp³-hybridized carbons (Fsp3) is 0.211. The maximum Gasteiger partial charge on any atom is 0.323 e. The van der Waals surface area contributed by atoms with Crippen molar-refractivity contribution in [3.05, 3.63) is 60.3 Å². The topological polar surface area (TPSA) is 56.9 Å². The molecule has 0 radical (unpaired) electrons. The van der Waals surface area contributed by atoms with Crippen LogP contribution in [0.2, 0.25) is 0 Å². The summed E-state index contributed by atoms with van der Waals surface area (Å²) in [5.41, 5.74) is 3.87. The molecule has 0 bridgehead atoms. The number of fused-ring (bicyclic) bond motifs is 1. The molecule has 0 saturated heterocycles. The van der Waals surface area contributed by atoms with Gasteiger partial charge in [-0.15, -0.1) is 0 Å². The highest BCUT2D eigenvalue weighted by molar-refractivity contribution is 6.05. The van der Waals surface area contributed by atoms with Gasteiger partial charge in [-0.1, -0.05) is 43.7 Å². The van der Waals surface area contributed by atoms with E-state index in [0.29, 0.717) is 0 Å². The number of urea groups is 1. The Hall–Kier alpha value is -2.75. The monoisotopic (exact) mass is 307 g/mol. The number of hydrogen-bond acceptors (Lipinski definition) is 1. The summed E-state index contributed by atoms with van der Waals surface area (Å²) < 4.78 is 0. The number of para-hydroxylation sites is 1. The Morgan fingerprint density at radius 2 is 1.83 bits per heavy atom. The van der Waals surface area contributed by atoms with E-state index in [4.69, 9.17) is 0 Å². The lowest BCUT2D eigenvalue weighted by Gasteiger charge is -2.08. The zero-order valence-electron chi connectivity index (χ0n) is 13.2. The Balaban J connectivity index is 1.63. The van der Waals surface area contributed by atoms with Gasteiger partial charge >= 0.3 is 6.03 Å². The van der Waals surface area contributed by atoms with E-state index in [-0.39, 0.29) is 6.03 Å². The molecule has 0 spiro atoms. The van der Waals surface area contributed by atoms with Gasteiger partial charge in [0.25, 0.3) is 0 Å². The first kappa shape index (κ1) is 15.2. The molecule has 118 valence electrons. The van der Waals surface area contributed by atoms with Crippen LogP contribution in [0.3, 0.4) is 0 Å². The van der Waals surface area contributed by atoms with Gasteiger partial charge in [0, 0.05) is 22.8 Å². The quantitative estimate of drug-likeness (QED) is 0.599. The van der Waals surface area contributed by atoms with Crippen molar-refractivity contribution < 1.29 is 4.79 Å². The Bertz CT molecular complexity index is 790. The van der Waals surface area contributed by atoms with Gasteiger partial charge in [0.05, 0.1) is 5.69 Å². The molecule has 1 heterocycles. The smallest absolute Gasteiger partial charge is 0.323 e. The van der Waals surface area contributed by atoms with Crippen LogP contribution in [0, 0.1) is 0 Å². The molecule has 0 aliphatic rings. The Morgan fingerprint density at radius 3 is 2.61 bits per heavy atom. The molecule has 0 unspecified atom stereocenters. The number of anilines is 2. The summed E-state index contributed by atoms with van der Waals surface area (Å²) in [4.78, 5) is 15.3. The number of carbonyl (C=O) groups is 1. The summed E-state index contributed by atoms with van der Waals surface area (Å²) in [6.07, 6.45) is 5.26. The highest BCUT2D eigenvalue weighted by Crippen LogP contribution is 2.22. The molecule has 3 rings (SSSR count). The summed E-state index contributed by atoms with van der Waals surface area (Å²) in [6, 6.07) is 15.7. The van der Waals surface area contributed by atoms with E-state index < -0.39 is 0 Å². The predicted octanol–water partition coefficient (Wildman–Crippen LogP) is 5.15. The lowest BCUT2D eigenvalue weighted by molar-refractivity contribution is 0.262. The average Bonchev–Trinajstić information content (AvgIpc) is 2.97. The van der Waals surface area contributed by atoms with Crippen LogP contribution in [-0.4, -0.2) is 11.0 Å². The average molecular weight is 307 g/mol. The van der Waals surface area contributed by atoms with Crippen molar-refractivity contribution >= 4 is 28.3 Å². The van der Waals surface area contributed by atoms with Gasteiger partial charge in [0.2, 0.25) is 0 Å². The van der Waals surface area contributed by atoms with Gasteiger partial charge in [0.1, 0.15) is 0 Å². The largest absolute Gasteiger partial charge is 0.359 e. The van der Waals surface area contributed by atoms with Crippen LogP contribution in [0.25, 0.3) is 10.9 Å². The lowest BCUT2D eigenvalue weighted by Crippen LogP contribution is -2.19. The van der Waals surface area contributed by atoms with Gasteiger partial charge in [-0.05, 0) is 36.6 Å². The molecule has 3 aromatic rings. The van der Waals surface area contributed by atoms with Gasteiger partial charge < -0.3 is 15.6 Å². The number of amides is 2. The molecule has 1 aromatic heterocycles. The first-order valence-electron chi connectivity index (χ1n) is 7.99. The Morgan fingerprint density at radius 1 is 1.04 bits per heavy atom. The second-order valence-corrected chi connectivity index (χ2v) is 5.63. The van der Waals surface area contributed by atoms with E-state index in [9.17, 15) is 4.79 Å². The molecule has 0 atom stereocenters. The molecule has 2 amide bonds. The van der Waals surface area contributed by atoms with Crippen LogP contribution in [0.5, 0.6) is 0 Å². The summed E-state index contributed by atoms with van der Waals surface area (Å²) >= 11 is 0. The maximum absolute atomic E-state index is 12.1. The predicted molar refractivity (Wildman–Crippen MR) is 96.0 cm³/mol. The summed E-state index contributed by atoms with van der Waals surface area (Å²) in [5.74, 6) is 0. The van der Waals surface area contributed by atoms with E-state index in [2.05, 4.69) is 34.7 Å². The number of benzene rings is 2. The first-order chi connectivity index (χ1) is 11.3. The number of aromatic amines is 1. The van der Waals surface area contributed by atoms with Crippen molar-refractivity contribution in [3.63, 3.8) is 0 Å². The zero-order valence-corrected chi connectivity index (χ0v) is 13.2. The SMILES string of the molecule is CCCCc1ccc(NC(=O)Nc2c[nH]c3ccccc23)cc1. The minimum atomic E-state index is -0.240. The number of rotatable bonds is 5. The molecule has 3 N–H and O–H groups in total. The van der Waals surface area contributed by atoms with Crippen molar-refractivity contribution in [2.24, 2.45) is 0 Å². The molecular weight excluding hydrogens is 286 g/mol. The van der Waals surface area contributed by atoms with Crippen LogP contribution in [0.4, 0.5) is 16.2 Å². The molecule has 0 fully saturated rings. The van der Waals surface area contributed by atoms with Gasteiger partial charge in [-0.25, -0.2) is 4.79 Å². The van der Waals surface area contributed by atoms with E-state index in [1.54, 1.807) is 6.20 Å². The van der Waals surface area contributed by atoms with Crippen molar-refractivity contribution in [2.45, 2.75) is 26.2 Å². The molecule has 2 aromatic carbocycles. The highest BCUT2D eigenvalue weighted by atomic mass is 16.2. The van der Waals surface area contributed by atoms with E-state index in [1.807, 2.05) is 36.4 Å². The zero-order chi connectivity index (χ0) is 16.1. The van der Waals surface area contributed by atoms with Crippen molar-refractivity contribution in [3.8, 4) is 0 Å². The van der Waals surface area contributed by atoms with E-state index >= 15 is 0 Å². The summed E-state index contributed by atoms with van der Waals surface area (Å²) in [5, 5.41) is 6.74. The fourth-order valence-electron chi connectivity index (χ4n) is 2.60. The molecule has 23 heavy (non-hydrogen) atoms. The number of carbonyl (C=O) groups excluding carboxylic acids is 1. The third-order valence-electron chi connectivity index (χ3n) is 3.87. The third-order valence-corrected chi connectivity index (χ3v) is 3.87. The van der Waals surface area contributed by atoms with Gasteiger partial charge in [-0.2, -0.15) is 0 Å². The fourth-order valence-corrected chi connectivity index (χ4v) is 2.60. The Kier molecular flexibility index (Phi) is 4.62. The highest BCUT2D eigenvalue weighted by Gasteiger charge is 2.07. The summed E-state index contributed by atoms with van der Waals surface area (Å²) in [6.45, 7) is 2.19. The molecular formula is C19H21N3O. The van der Waals surface area contributed by atoms with Crippen LogP contribution < -0.4 is 10.6 Å². The molecule has 4 heteroatoms. The van der Waals surface area contributed by atoms with Crippen LogP contribution in [-0.2, 0) is 6.42 Å². The van der Waals surface area contributed by atoms with Crippen molar-refractivity contribution in [1.29, 1.82) is 0 Å². The van der Waals surface area contributed by atoms with Crippen molar-refractivity contribution in [2.75, 3.05) is 10.6 Å². The number of nitrogens with one attached hydrogen (secondary N) is 3. The summed E-state index contributed by atoms with van der Waals surface area (Å²) in [7, 11) is 0. The maximum atomic E-state index is 12.1. The number of hydrogen-bond donors (Lipinski definition) is 3. The number of aryl methyl sites for hydroxylation is 1. The normalized spacial score (nSPS) is 10.7. The van der Waals surface area contributed by atoms with Gasteiger partial charge in [0.15, 0.2) is 0 Å². The minimum Gasteiger partial charge on any atom is -0.359 e. The standard InChI is InChI=1S/C19H21N3O/c1-2-3-6-14-9-11-15(12-10-14)21-19(23)22-18-13-20-17-8-5-4-7-16(17)18/h4-5,7-13,20H,2-3,6H2,1H3,(H2,21,22,23). The number of aromatic nitrogens is 1. The molecule has 0 saturated carbocycles. The molecule has 0 aliphatic heterocycles. The molecule has 0 aliphatic carbocycles. The second-order valence-electron chi connectivity index (χ2n) is 5.63. The van der Waals surface area contributed by atoms with Crippen LogP contribution >= 0.6 is 0 Å². The third kappa shape index (κ3) is 3.72. The lowest BCUT2D eigenvalue weighted by atomic mass is 10.1. The second kappa shape index (κ2) is 7.01. The van der Waals surface area contributed by atoms with Crippen LogP contribution in [0.1, 0.15) is 25.3 Å². The van der Waals surface area contributed by atoms with Crippen LogP contribution in [0.15, 0.2) is 54.7 Å². The minimum absolute atomic E-state index is 0.240. The number of unbranched alkanes of at least 4 members (excludes halogenated alkanes) is 1. The Labute approximate surface area is 135 Å². The van der Waals surface area contributed by atoms with E-state index in [1.165, 1.54) is 18.4 Å². The molecule has 4 nitrogen and oxygen atoms in total. The van der Waals surface area contributed by atoms with Gasteiger partial charge in [-0.3, -0.25) is 0 Å². The van der Waals surface area contributed by atoms with Crippen molar-refractivity contribution in [1.82, 2.24) is 4.98 Å². The first-order valence-corrected chi connectivity index (χ1v) is 7.99. The number of H-pyrrole nitrogens is 1.